The maximum atomic E-state index is 14.6. The fourth-order valence-corrected chi connectivity index (χ4v) is 7.11. The number of benzene rings is 2. The van der Waals surface area contributed by atoms with Crippen LogP contribution in [0.3, 0.4) is 0 Å². The van der Waals surface area contributed by atoms with Crippen molar-refractivity contribution in [2.75, 3.05) is 36.4 Å². The topological polar surface area (TPSA) is 167 Å². The maximum absolute atomic E-state index is 14.6. The molecule has 5 aromatic rings. The average molecular weight is 767 g/mol. The zero-order valence-corrected chi connectivity index (χ0v) is 29.8. The van der Waals surface area contributed by atoms with Crippen LogP contribution in [0.15, 0.2) is 47.5 Å². The van der Waals surface area contributed by atoms with E-state index < -0.39 is 42.3 Å². The molecule has 18 heteroatoms. The molecule has 0 unspecified atom stereocenters. The van der Waals surface area contributed by atoms with Gasteiger partial charge in [-0.1, -0.05) is 30.7 Å². The summed E-state index contributed by atoms with van der Waals surface area (Å²) >= 11 is 6.15. The van der Waals surface area contributed by atoms with Crippen molar-refractivity contribution >= 4 is 40.6 Å². The lowest BCUT2D eigenvalue weighted by molar-refractivity contribution is -0.137. The number of imidazole rings is 1. The van der Waals surface area contributed by atoms with Gasteiger partial charge in [0.2, 0.25) is 11.7 Å². The van der Waals surface area contributed by atoms with Crippen LogP contribution in [0.4, 0.5) is 24.5 Å². The van der Waals surface area contributed by atoms with Crippen LogP contribution in [0.2, 0.25) is 5.02 Å². The van der Waals surface area contributed by atoms with Gasteiger partial charge in [-0.15, -0.1) is 0 Å². The van der Waals surface area contributed by atoms with E-state index in [-0.39, 0.29) is 77.6 Å². The van der Waals surface area contributed by atoms with E-state index in [1.54, 1.807) is 23.3 Å². The number of aryl methyl sites for hydroxylation is 1. The normalized spacial score (nSPS) is 14.5. The number of nitrogens with zero attached hydrogens (tertiary/aromatic N) is 7. The first-order valence-corrected chi connectivity index (χ1v) is 17.4. The molecule has 54 heavy (non-hydrogen) atoms. The van der Waals surface area contributed by atoms with Crippen LogP contribution in [0, 0.1) is 6.92 Å². The molecule has 2 aliphatic heterocycles. The SMILES string of the molecule is CCc1c(N2CCN(C(=O)c3ncnc(C)c3O)CC2)c(=O)n2c(CO)c(-c3ccc4c(c3)COC4)nc2n1CC(=O)Nc1ccc(C(F)(F)F)cc1Cl. The number of aromatic nitrogens is 5. The standard InChI is InChI=1S/C36H34ClF3N8O6/c1-3-26-31(45-8-10-46(11-9-45)33(52)30-32(51)19(2)41-18-42-30)34(53)48-27(15-49)29(20-4-5-21-16-54-17-22(21)12-20)44-35(48)47(26)14-28(50)43-25-7-6-23(13-24(25)37)36(38,39)40/h4-7,12-13,18,49,51H,3,8-11,14-17H2,1-2H3,(H,43,50). The molecule has 1 fully saturated rings. The van der Waals surface area contributed by atoms with E-state index in [0.29, 0.717) is 30.2 Å². The lowest BCUT2D eigenvalue weighted by atomic mass is 10.0. The Hall–Kier alpha value is -5.52. The molecule has 0 radical (unpaired) electrons. The smallest absolute Gasteiger partial charge is 0.416 e. The number of aliphatic hydroxyl groups excluding tert-OH is 1. The van der Waals surface area contributed by atoms with E-state index in [2.05, 4.69) is 15.3 Å². The predicted molar refractivity (Wildman–Crippen MR) is 190 cm³/mol. The zero-order chi connectivity index (χ0) is 38.5. The van der Waals surface area contributed by atoms with Crippen molar-refractivity contribution in [1.29, 1.82) is 0 Å². The van der Waals surface area contributed by atoms with E-state index in [9.17, 15) is 37.8 Å². The van der Waals surface area contributed by atoms with Crippen LogP contribution in [0.25, 0.3) is 17.0 Å². The number of aliphatic hydroxyl groups is 1. The lowest BCUT2D eigenvalue weighted by Gasteiger charge is -2.37. The Balaban J connectivity index is 1.30. The largest absolute Gasteiger partial charge is 0.504 e. The average Bonchev–Trinajstić information content (AvgIpc) is 3.79. The second kappa shape index (κ2) is 14.4. The van der Waals surface area contributed by atoms with Crippen LogP contribution in [-0.2, 0) is 48.5 Å². The van der Waals surface area contributed by atoms with Gasteiger partial charge < -0.3 is 34.6 Å². The number of hydrogen-bond acceptors (Lipinski definition) is 10. The highest BCUT2D eigenvalue weighted by molar-refractivity contribution is 6.33. The Morgan fingerprint density at radius 1 is 1.02 bits per heavy atom. The number of carbonyl (C=O) groups excluding carboxylic acids is 2. The van der Waals surface area contributed by atoms with Crippen molar-refractivity contribution in [2.45, 2.75) is 52.8 Å². The Morgan fingerprint density at radius 2 is 1.76 bits per heavy atom. The van der Waals surface area contributed by atoms with E-state index in [1.807, 2.05) is 18.2 Å². The molecule has 2 aliphatic rings. The summed E-state index contributed by atoms with van der Waals surface area (Å²) in [5, 5.41) is 23.4. The van der Waals surface area contributed by atoms with Gasteiger partial charge >= 0.3 is 6.18 Å². The number of hydrogen-bond donors (Lipinski definition) is 3. The van der Waals surface area contributed by atoms with Crippen molar-refractivity contribution in [3.8, 4) is 17.0 Å². The van der Waals surface area contributed by atoms with Crippen molar-refractivity contribution in [1.82, 2.24) is 28.8 Å². The van der Waals surface area contributed by atoms with Gasteiger partial charge in [0.1, 0.15) is 18.6 Å². The third-order valence-corrected chi connectivity index (χ3v) is 9.96. The summed E-state index contributed by atoms with van der Waals surface area (Å²) in [5.41, 5.74) is 2.30. The second-order valence-electron chi connectivity index (χ2n) is 12.9. The number of rotatable bonds is 8. The van der Waals surface area contributed by atoms with E-state index in [1.165, 1.54) is 15.6 Å². The third-order valence-electron chi connectivity index (χ3n) is 9.64. The lowest BCUT2D eigenvalue weighted by Crippen LogP contribution is -2.51. The minimum absolute atomic E-state index is 0.0452. The van der Waals surface area contributed by atoms with E-state index in [4.69, 9.17) is 21.3 Å². The molecule has 5 heterocycles. The number of piperazine rings is 1. The van der Waals surface area contributed by atoms with Crippen LogP contribution < -0.4 is 15.8 Å². The van der Waals surface area contributed by atoms with Gasteiger partial charge in [-0.3, -0.25) is 14.4 Å². The van der Waals surface area contributed by atoms with Crippen LogP contribution in [0.5, 0.6) is 5.75 Å². The number of halogens is 4. The van der Waals surface area contributed by atoms with Gasteiger partial charge in [0.25, 0.3) is 11.5 Å². The fourth-order valence-electron chi connectivity index (χ4n) is 6.88. The number of ether oxygens (including phenoxy) is 1. The number of alkyl halides is 3. The molecule has 2 amide bonds. The van der Waals surface area contributed by atoms with Gasteiger partial charge in [-0.05, 0) is 48.7 Å². The first-order valence-electron chi connectivity index (χ1n) is 17.0. The van der Waals surface area contributed by atoms with Crippen molar-refractivity contribution in [2.24, 2.45) is 0 Å². The Bertz CT molecular complexity index is 2370. The highest BCUT2D eigenvalue weighted by atomic mass is 35.5. The summed E-state index contributed by atoms with van der Waals surface area (Å²) in [6, 6.07) is 8.18. The number of carbonyl (C=O) groups is 2. The summed E-state index contributed by atoms with van der Waals surface area (Å²) < 4.78 is 48.2. The Morgan fingerprint density at radius 3 is 2.44 bits per heavy atom. The molecule has 0 bridgehead atoms. The summed E-state index contributed by atoms with van der Waals surface area (Å²) in [5.74, 6) is -1.41. The van der Waals surface area contributed by atoms with Crippen molar-refractivity contribution < 1.29 is 37.7 Å². The van der Waals surface area contributed by atoms with Crippen molar-refractivity contribution in [3.05, 3.63) is 97.6 Å². The molecule has 1 saturated heterocycles. The molecule has 3 N–H and O–H groups in total. The second-order valence-corrected chi connectivity index (χ2v) is 13.3. The fraction of sp³-hybridized carbons (Fsp3) is 0.333. The van der Waals surface area contributed by atoms with E-state index >= 15 is 0 Å². The highest BCUT2D eigenvalue weighted by Gasteiger charge is 2.33. The molecule has 0 atom stereocenters. The zero-order valence-electron chi connectivity index (χ0n) is 29.1. The molecule has 2 aromatic carbocycles. The maximum Gasteiger partial charge on any atom is 0.416 e. The molecular formula is C36H34ClF3N8O6. The molecular weight excluding hydrogens is 733 g/mol. The summed E-state index contributed by atoms with van der Waals surface area (Å²) in [6.07, 6.45) is -3.19. The van der Waals surface area contributed by atoms with Crippen molar-refractivity contribution in [3.63, 3.8) is 0 Å². The summed E-state index contributed by atoms with van der Waals surface area (Å²) in [7, 11) is 0. The number of nitrogens with one attached hydrogen (secondary N) is 1. The van der Waals surface area contributed by atoms with Gasteiger partial charge in [-0.2, -0.15) is 13.2 Å². The molecule has 0 spiro atoms. The number of anilines is 2. The summed E-state index contributed by atoms with van der Waals surface area (Å²) in [6.45, 7) is 3.89. The Labute approximate surface area is 310 Å². The van der Waals surface area contributed by atoms with E-state index in [0.717, 1.165) is 29.3 Å². The number of amides is 2. The number of aromatic hydroxyl groups is 1. The molecule has 0 aliphatic carbocycles. The monoisotopic (exact) mass is 766 g/mol. The molecule has 14 nitrogen and oxygen atoms in total. The minimum Gasteiger partial charge on any atom is -0.504 e. The summed E-state index contributed by atoms with van der Waals surface area (Å²) in [4.78, 5) is 57.6. The third kappa shape index (κ3) is 6.62. The minimum atomic E-state index is -4.63. The van der Waals surface area contributed by atoms with Crippen LogP contribution in [-0.4, -0.2) is 77.0 Å². The quantitative estimate of drug-likeness (QED) is 0.207. The van der Waals surface area contributed by atoms with Gasteiger partial charge in [0.05, 0.1) is 58.9 Å². The van der Waals surface area contributed by atoms with Crippen LogP contribution >= 0.6 is 11.6 Å². The molecule has 3 aromatic heterocycles. The number of fused-ring (bicyclic) bond motifs is 2. The highest BCUT2D eigenvalue weighted by Crippen LogP contribution is 2.35. The van der Waals surface area contributed by atoms with Gasteiger partial charge in [0.15, 0.2) is 11.4 Å². The Kier molecular flexibility index (Phi) is 9.80. The van der Waals surface area contributed by atoms with Crippen LogP contribution in [0.1, 0.15) is 51.2 Å². The molecule has 282 valence electrons. The predicted octanol–water partition coefficient (Wildman–Crippen LogP) is 4.33. The molecule has 7 rings (SSSR count). The van der Waals surface area contributed by atoms with Gasteiger partial charge in [-0.25, -0.2) is 19.4 Å². The molecule has 0 saturated carbocycles. The first-order chi connectivity index (χ1) is 25.8. The first kappa shape index (κ1) is 36.8. The van der Waals surface area contributed by atoms with Gasteiger partial charge in [0, 0.05) is 31.7 Å².